The van der Waals surface area contributed by atoms with Gasteiger partial charge in [-0.25, -0.2) is 8.42 Å². The van der Waals surface area contributed by atoms with Crippen LogP contribution in [-0.2, 0) is 20.6 Å². The minimum atomic E-state index is -4.90. The number of hydrogen-bond acceptors (Lipinski definition) is 6. The predicted octanol–water partition coefficient (Wildman–Crippen LogP) is 3.52. The fourth-order valence-electron chi connectivity index (χ4n) is 3.22. The minimum Gasteiger partial charge on any atom is -0.480 e. The number of thioether (sulfide) groups is 1. The highest BCUT2D eigenvalue weighted by Crippen LogP contribution is 2.33. The normalized spacial score (nSPS) is 20.4. The fraction of sp³-hybridized carbons (Fsp3) is 0.368. The first-order valence-electron chi connectivity index (χ1n) is 9.17. The van der Waals surface area contributed by atoms with Gasteiger partial charge in [0.15, 0.2) is 0 Å². The molecule has 1 aliphatic heterocycles. The van der Waals surface area contributed by atoms with Crippen LogP contribution in [0.15, 0.2) is 53.7 Å². The highest BCUT2D eigenvalue weighted by Gasteiger charge is 2.41. The van der Waals surface area contributed by atoms with E-state index in [1.54, 1.807) is 24.2 Å². The van der Waals surface area contributed by atoms with Gasteiger partial charge in [-0.05, 0) is 54.8 Å². The first-order valence-corrected chi connectivity index (χ1v) is 11.7. The first-order chi connectivity index (χ1) is 14.6. The molecule has 0 unspecified atom stereocenters. The number of aromatic nitrogens is 1. The molecular formula is C19H19F3N2O5S2. The summed E-state index contributed by atoms with van der Waals surface area (Å²) in [5, 5.41) is 9.57. The molecule has 1 aliphatic rings. The second-order valence-electron chi connectivity index (χ2n) is 6.80. The Morgan fingerprint density at radius 1 is 1.19 bits per heavy atom. The maximum absolute atomic E-state index is 13.0. The molecule has 168 valence electrons. The Bertz CT molecular complexity index is 1000. The van der Waals surface area contributed by atoms with Crippen molar-refractivity contribution < 1.29 is 36.2 Å². The molecule has 7 nitrogen and oxygen atoms in total. The van der Waals surface area contributed by atoms with E-state index in [4.69, 9.17) is 0 Å². The van der Waals surface area contributed by atoms with Gasteiger partial charge in [0, 0.05) is 29.9 Å². The van der Waals surface area contributed by atoms with Crippen LogP contribution in [0.3, 0.4) is 0 Å². The van der Waals surface area contributed by atoms with Crippen LogP contribution in [0.4, 0.5) is 13.2 Å². The Morgan fingerprint density at radius 3 is 2.42 bits per heavy atom. The lowest BCUT2D eigenvalue weighted by Gasteiger charge is -2.36. The van der Waals surface area contributed by atoms with Crippen molar-refractivity contribution in [1.82, 2.24) is 9.29 Å². The second-order valence-corrected chi connectivity index (χ2v) is 9.98. The van der Waals surface area contributed by atoms with Crippen LogP contribution in [0, 0.1) is 0 Å². The van der Waals surface area contributed by atoms with Crippen molar-refractivity contribution in [2.24, 2.45) is 0 Å². The molecule has 2 aromatic rings. The Labute approximate surface area is 181 Å². The molecule has 0 bridgehead atoms. The highest BCUT2D eigenvalue weighted by molar-refractivity contribution is 7.99. The number of carboxylic acids is 1. The van der Waals surface area contributed by atoms with Crippen molar-refractivity contribution >= 4 is 27.8 Å². The molecule has 1 fully saturated rings. The van der Waals surface area contributed by atoms with Crippen LogP contribution in [0.1, 0.15) is 18.4 Å². The van der Waals surface area contributed by atoms with Gasteiger partial charge < -0.3 is 9.84 Å². The lowest BCUT2D eigenvalue weighted by atomic mass is 10.0. The summed E-state index contributed by atoms with van der Waals surface area (Å²) in [4.78, 5) is 15.4. The van der Waals surface area contributed by atoms with Gasteiger partial charge in [0.2, 0.25) is 10.0 Å². The summed E-state index contributed by atoms with van der Waals surface area (Å²) in [5.41, 5.74) is 1.03. The van der Waals surface area contributed by atoms with Crippen LogP contribution in [0.2, 0.25) is 0 Å². The number of carbonyl (C=O) groups is 1. The summed E-state index contributed by atoms with van der Waals surface area (Å²) >= 11 is 1.55. The molecule has 0 amide bonds. The van der Waals surface area contributed by atoms with E-state index in [0.717, 1.165) is 34.1 Å². The van der Waals surface area contributed by atoms with Crippen LogP contribution in [0.5, 0.6) is 5.75 Å². The summed E-state index contributed by atoms with van der Waals surface area (Å²) in [5.74, 6) is -1.19. The van der Waals surface area contributed by atoms with E-state index in [9.17, 15) is 31.5 Å². The SMILES string of the molecule is O=C(O)[C@H]1C[C@H](SCc2ccncc2)CCN1S(=O)(=O)c1ccc(OC(F)(F)F)cc1. The number of ether oxygens (including phenoxy) is 1. The molecule has 1 aromatic carbocycles. The molecule has 0 spiro atoms. The molecule has 0 saturated carbocycles. The van der Waals surface area contributed by atoms with E-state index in [1.807, 2.05) is 12.1 Å². The quantitative estimate of drug-likeness (QED) is 0.653. The van der Waals surface area contributed by atoms with Crippen LogP contribution in [0.25, 0.3) is 0 Å². The topological polar surface area (TPSA) is 96.8 Å². The van der Waals surface area contributed by atoms with Crippen molar-refractivity contribution in [1.29, 1.82) is 0 Å². The predicted molar refractivity (Wildman–Crippen MR) is 107 cm³/mol. The van der Waals surface area contributed by atoms with E-state index in [1.165, 1.54) is 0 Å². The zero-order valence-electron chi connectivity index (χ0n) is 16.0. The minimum absolute atomic E-state index is 0.00584. The van der Waals surface area contributed by atoms with Crippen LogP contribution < -0.4 is 4.74 Å². The van der Waals surface area contributed by atoms with Crippen LogP contribution >= 0.6 is 11.8 Å². The maximum atomic E-state index is 13.0. The third-order valence-electron chi connectivity index (χ3n) is 4.69. The summed E-state index contributed by atoms with van der Waals surface area (Å²) < 4.78 is 67.5. The Hall–Kier alpha value is -2.31. The number of halogens is 3. The number of hydrogen-bond donors (Lipinski definition) is 1. The van der Waals surface area contributed by atoms with Gasteiger partial charge in [0.25, 0.3) is 0 Å². The second kappa shape index (κ2) is 9.45. The number of piperidine rings is 1. The van der Waals surface area contributed by atoms with E-state index in [0.29, 0.717) is 12.2 Å². The van der Waals surface area contributed by atoms with E-state index in [-0.39, 0.29) is 23.1 Å². The molecule has 0 aliphatic carbocycles. The van der Waals surface area contributed by atoms with Crippen molar-refractivity contribution in [3.05, 3.63) is 54.4 Å². The number of nitrogens with zero attached hydrogens (tertiary/aromatic N) is 2. The molecule has 3 rings (SSSR count). The van der Waals surface area contributed by atoms with Gasteiger partial charge in [0.05, 0.1) is 4.90 Å². The number of carboxylic acid groups (broad SMARTS) is 1. The number of pyridine rings is 1. The molecular weight excluding hydrogens is 457 g/mol. The highest BCUT2D eigenvalue weighted by atomic mass is 32.2. The summed E-state index contributed by atoms with van der Waals surface area (Å²) in [6, 6.07) is 6.15. The van der Waals surface area contributed by atoms with Gasteiger partial charge >= 0.3 is 12.3 Å². The molecule has 12 heteroatoms. The van der Waals surface area contributed by atoms with Crippen molar-refractivity contribution in [2.75, 3.05) is 6.54 Å². The van der Waals surface area contributed by atoms with E-state index in [2.05, 4.69) is 9.72 Å². The standard InChI is InChI=1S/C19H19F3N2O5S2/c20-19(21,22)29-14-1-3-16(4-2-14)31(27,28)24-10-7-15(11-17(24)18(25)26)30-12-13-5-8-23-9-6-13/h1-6,8-9,15,17H,7,10-12H2,(H,25,26)/t15-,17-/m1/s1. The van der Waals surface area contributed by atoms with Crippen molar-refractivity contribution in [3.8, 4) is 5.75 Å². The average Bonchev–Trinajstić information content (AvgIpc) is 2.72. The first kappa shape index (κ1) is 23.4. The van der Waals surface area contributed by atoms with Crippen molar-refractivity contribution in [3.63, 3.8) is 0 Å². The fourth-order valence-corrected chi connectivity index (χ4v) is 6.04. The number of benzene rings is 1. The van der Waals surface area contributed by atoms with Crippen LogP contribution in [-0.4, -0.2) is 53.0 Å². The Morgan fingerprint density at radius 2 is 1.84 bits per heavy atom. The van der Waals surface area contributed by atoms with Gasteiger partial charge in [-0.15, -0.1) is 13.2 Å². The summed E-state index contributed by atoms with van der Waals surface area (Å²) in [6.45, 7) is -0.00584. The lowest BCUT2D eigenvalue weighted by Crippen LogP contribution is -2.50. The monoisotopic (exact) mass is 476 g/mol. The van der Waals surface area contributed by atoms with Gasteiger partial charge in [0.1, 0.15) is 11.8 Å². The molecule has 0 radical (unpaired) electrons. The number of sulfonamides is 1. The third-order valence-corrected chi connectivity index (χ3v) is 8.01. The summed E-state index contributed by atoms with van der Waals surface area (Å²) in [7, 11) is -4.21. The lowest BCUT2D eigenvalue weighted by molar-refractivity contribution is -0.274. The number of aliphatic carboxylic acids is 1. The molecule has 1 aromatic heterocycles. The Kier molecular flexibility index (Phi) is 7.12. The third kappa shape index (κ3) is 6.11. The largest absolute Gasteiger partial charge is 0.573 e. The van der Waals surface area contributed by atoms with E-state index < -0.39 is 34.1 Å². The zero-order valence-corrected chi connectivity index (χ0v) is 17.7. The molecule has 1 N–H and O–H groups in total. The van der Waals surface area contributed by atoms with Crippen molar-refractivity contribution in [2.45, 2.75) is 41.1 Å². The molecule has 31 heavy (non-hydrogen) atoms. The number of rotatable bonds is 7. The number of alkyl halides is 3. The molecule has 1 saturated heterocycles. The molecule has 2 atom stereocenters. The van der Waals surface area contributed by atoms with Gasteiger partial charge in [-0.3, -0.25) is 9.78 Å². The average molecular weight is 476 g/mol. The smallest absolute Gasteiger partial charge is 0.480 e. The maximum Gasteiger partial charge on any atom is 0.573 e. The van der Waals surface area contributed by atoms with Gasteiger partial charge in [-0.1, -0.05) is 0 Å². The van der Waals surface area contributed by atoms with Gasteiger partial charge in [-0.2, -0.15) is 16.1 Å². The zero-order chi connectivity index (χ0) is 22.6. The summed E-state index contributed by atoms with van der Waals surface area (Å²) in [6.07, 6.45) is -0.996. The molecule has 2 heterocycles. The Balaban J connectivity index is 1.71. The van der Waals surface area contributed by atoms with E-state index >= 15 is 0 Å².